The van der Waals surface area contributed by atoms with Crippen LogP contribution in [0.4, 0.5) is 5.69 Å². The minimum Gasteiger partial charge on any atom is -0.495 e. The first-order valence-corrected chi connectivity index (χ1v) is 9.58. The molecular formula is C22H26ClNO4. The van der Waals surface area contributed by atoms with Gasteiger partial charge in [0.15, 0.2) is 11.5 Å². The highest BCUT2D eigenvalue weighted by atomic mass is 35.5. The van der Waals surface area contributed by atoms with Crippen LogP contribution < -0.4 is 19.5 Å². The fourth-order valence-electron chi connectivity index (χ4n) is 2.57. The molecule has 0 saturated carbocycles. The predicted molar refractivity (Wildman–Crippen MR) is 114 cm³/mol. The summed E-state index contributed by atoms with van der Waals surface area (Å²) < 4.78 is 16.4. The van der Waals surface area contributed by atoms with Gasteiger partial charge in [-0.2, -0.15) is 0 Å². The van der Waals surface area contributed by atoms with Crippen LogP contribution in [0, 0.1) is 0 Å². The molecule has 0 fully saturated rings. The molecule has 0 bridgehead atoms. The fraction of sp³-hybridized carbons (Fsp3) is 0.318. The van der Waals surface area contributed by atoms with Gasteiger partial charge in [0.25, 0.3) is 0 Å². The highest BCUT2D eigenvalue weighted by molar-refractivity contribution is 6.31. The molecule has 28 heavy (non-hydrogen) atoms. The Morgan fingerprint density at radius 1 is 1.04 bits per heavy atom. The van der Waals surface area contributed by atoms with E-state index < -0.39 is 0 Å². The molecule has 2 aromatic rings. The standard InChI is InChI=1S/C22H26ClNO4/c1-4-5-6-13-28-20-10-7-16(14-21(20)27-3)8-12-22(25)24-18-15-17(23)9-11-19(18)26-2/h7-12,14-15H,4-6,13H2,1-3H3,(H,24,25)/b12-8+. The molecule has 2 rings (SSSR count). The van der Waals surface area contributed by atoms with E-state index in [-0.39, 0.29) is 5.91 Å². The Kier molecular flexibility index (Phi) is 8.69. The Bertz CT molecular complexity index is 820. The number of halogens is 1. The summed E-state index contributed by atoms with van der Waals surface area (Å²) in [4.78, 5) is 12.2. The second kappa shape index (κ2) is 11.2. The van der Waals surface area contributed by atoms with Gasteiger partial charge in [-0.3, -0.25) is 4.79 Å². The molecule has 0 atom stereocenters. The van der Waals surface area contributed by atoms with Crippen LogP contribution in [-0.4, -0.2) is 26.7 Å². The molecule has 2 aromatic carbocycles. The SMILES string of the molecule is CCCCCOc1ccc(/C=C/C(=O)Nc2cc(Cl)ccc2OC)cc1OC. The Hall–Kier alpha value is -2.66. The Labute approximate surface area is 171 Å². The van der Waals surface area contributed by atoms with Crippen molar-refractivity contribution in [2.24, 2.45) is 0 Å². The van der Waals surface area contributed by atoms with Crippen molar-refractivity contribution >= 4 is 29.3 Å². The number of benzene rings is 2. The smallest absolute Gasteiger partial charge is 0.248 e. The van der Waals surface area contributed by atoms with Crippen molar-refractivity contribution in [1.82, 2.24) is 0 Å². The number of unbranched alkanes of at least 4 members (excludes halogenated alkanes) is 2. The van der Waals surface area contributed by atoms with E-state index in [2.05, 4.69) is 12.2 Å². The molecule has 5 nitrogen and oxygen atoms in total. The van der Waals surface area contributed by atoms with Crippen molar-refractivity contribution in [1.29, 1.82) is 0 Å². The molecule has 1 N–H and O–H groups in total. The van der Waals surface area contributed by atoms with E-state index in [0.717, 1.165) is 24.8 Å². The first-order chi connectivity index (χ1) is 13.6. The van der Waals surface area contributed by atoms with Crippen LogP contribution in [-0.2, 0) is 4.79 Å². The van der Waals surface area contributed by atoms with Crippen LogP contribution in [0.3, 0.4) is 0 Å². The van der Waals surface area contributed by atoms with Gasteiger partial charge in [-0.25, -0.2) is 0 Å². The number of amides is 1. The number of ether oxygens (including phenoxy) is 3. The number of hydrogen-bond acceptors (Lipinski definition) is 4. The fourth-order valence-corrected chi connectivity index (χ4v) is 2.74. The Morgan fingerprint density at radius 3 is 2.50 bits per heavy atom. The highest BCUT2D eigenvalue weighted by Crippen LogP contribution is 2.29. The molecule has 0 radical (unpaired) electrons. The quantitative estimate of drug-likeness (QED) is 0.415. The van der Waals surface area contributed by atoms with Crippen molar-refractivity contribution in [2.45, 2.75) is 26.2 Å². The van der Waals surface area contributed by atoms with Crippen molar-refractivity contribution in [3.05, 3.63) is 53.1 Å². The summed E-state index contributed by atoms with van der Waals surface area (Å²) >= 11 is 5.98. The lowest BCUT2D eigenvalue weighted by atomic mass is 10.2. The van der Waals surface area contributed by atoms with Crippen LogP contribution in [0.25, 0.3) is 6.08 Å². The third-order valence-electron chi connectivity index (χ3n) is 4.04. The minimum absolute atomic E-state index is 0.292. The third-order valence-corrected chi connectivity index (χ3v) is 4.27. The summed E-state index contributed by atoms with van der Waals surface area (Å²) in [6.07, 6.45) is 6.43. The van der Waals surface area contributed by atoms with Crippen molar-refractivity contribution in [2.75, 3.05) is 26.1 Å². The van der Waals surface area contributed by atoms with Gasteiger partial charge in [-0.05, 0) is 48.4 Å². The number of nitrogens with one attached hydrogen (secondary N) is 1. The monoisotopic (exact) mass is 403 g/mol. The number of carbonyl (C=O) groups is 1. The summed E-state index contributed by atoms with van der Waals surface area (Å²) in [6.45, 7) is 2.81. The lowest BCUT2D eigenvalue weighted by Gasteiger charge is -2.11. The van der Waals surface area contributed by atoms with Crippen LogP contribution >= 0.6 is 11.6 Å². The van der Waals surface area contributed by atoms with E-state index in [1.165, 1.54) is 13.2 Å². The molecule has 0 heterocycles. The lowest BCUT2D eigenvalue weighted by molar-refractivity contribution is -0.111. The second-order valence-electron chi connectivity index (χ2n) is 6.13. The van der Waals surface area contributed by atoms with Crippen LogP contribution in [0.15, 0.2) is 42.5 Å². The Morgan fingerprint density at radius 2 is 1.79 bits per heavy atom. The molecule has 150 valence electrons. The molecule has 1 amide bonds. The van der Waals surface area contributed by atoms with Gasteiger partial charge in [0.1, 0.15) is 5.75 Å². The number of carbonyl (C=O) groups excluding carboxylic acids is 1. The number of methoxy groups -OCH3 is 2. The highest BCUT2D eigenvalue weighted by Gasteiger charge is 2.07. The largest absolute Gasteiger partial charge is 0.495 e. The topological polar surface area (TPSA) is 56.8 Å². The van der Waals surface area contributed by atoms with Gasteiger partial charge in [-0.15, -0.1) is 0 Å². The molecule has 0 unspecified atom stereocenters. The number of anilines is 1. The zero-order valence-electron chi connectivity index (χ0n) is 16.5. The van der Waals surface area contributed by atoms with Crippen LogP contribution in [0.1, 0.15) is 31.7 Å². The summed E-state index contributed by atoms with van der Waals surface area (Å²) in [5, 5.41) is 3.27. The molecule has 0 aliphatic heterocycles. The third kappa shape index (κ3) is 6.50. The normalized spacial score (nSPS) is 10.7. The van der Waals surface area contributed by atoms with E-state index in [0.29, 0.717) is 34.6 Å². The Balaban J connectivity index is 2.03. The number of hydrogen-bond donors (Lipinski definition) is 1. The maximum atomic E-state index is 12.2. The van der Waals surface area contributed by atoms with Gasteiger partial charge in [0.2, 0.25) is 5.91 Å². The number of rotatable bonds is 10. The molecule has 0 aromatic heterocycles. The van der Waals surface area contributed by atoms with E-state index in [4.69, 9.17) is 25.8 Å². The lowest BCUT2D eigenvalue weighted by Crippen LogP contribution is -2.08. The average Bonchev–Trinajstić information content (AvgIpc) is 2.70. The molecule has 0 aliphatic carbocycles. The molecular weight excluding hydrogens is 378 g/mol. The molecule has 0 aliphatic rings. The summed E-state index contributed by atoms with van der Waals surface area (Å²) in [6, 6.07) is 10.6. The molecule has 6 heteroatoms. The van der Waals surface area contributed by atoms with Crippen molar-refractivity contribution in [3.63, 3.8) is 0 Å². The maximum Gasteiger partial charge on any atom is 0.248 e. The summed E-state index contributed by atoms with van der Waals surface area (Å²) in [5.74, 6) is 1.58. The van der Waals surface area contributed by atoms with E-state index in [1.54, 1.807) is 31.4 Å². The zero-order valence-corrected chi connectivity index (χ0v) is 17.2. The first kappa shape index (κ1) is 21.6. The van der Waals surface area contributed by atoms with Crippen LogP contribution in [0.2, 0.25) is 5.02 Å². The van der Waals surface area contributed by atoms with E-state index in [1.807, 2.05) is 18.2 Å². The van der Waals surface area contributed by atoms with Gasteiger partial charge < -0.3 is 19.5 Å². The summed E-state index contributed by atoms with van der Waals surface area (Å²) in [5.41, 5.74) is 1.34. The summed E-state index contributed by atoms with van der Waals surface area (Å²) in [7, 11) is 3.13. The van der Waals surface area contributed by atoms with E-state index in [9.17, 15) is 4.79 Å². The first-order valence-electron chi connectivity index (χ1n) is 9.20. The van der Waals surface area contributed by atoms with Crippen molar-refractivity contribution < 1.29 is 19.0 Å². The van der Waals surface area contributed by atoms with E-state index >= 15 is 0 Å². The second-order valence-corrected chi connectivity index (χ2v) is 6.57. The molecule has 0 saturated heterocycles. The predicted octanol–water partition coefficient (Wildman–Crippen LogP) is 5.58. The zero-order chi connectivity index (χ0) is 20.4. The van der Waals surface area contributed by atoms with Gasteiger partial charge in [-0.1, -0.05) is 37.4 Å². The van der Waals surface area contributed by atoms with Gasteiger partial charge in [0, 0.05) is 11.1 Å². The maximum absolute atomic E-state index is 12.2. The minimum atomic E-state index is -0.292. The van der Waals surface area contributed by atoms with Gasteiger partial charge in [0.05, 0.1) is 26.5 Å². The van der Waals surface area contributed by atoms with Gasteiger partial charge >= 0.3 is 0 Å². The van der Waals surface area contributed by atoms with Crippen LogP contribution in [0.5, 0.6) is 17.2 Å². The average molecular weight is 404 g/mol. The molecule has 0 spiro atoms. The van der Waals surface area contributed by atoms with Crippen molar-refractivity contribution in [3.8, 4) is 17.2 Å².